The molecule has 1 aromatic rings. The second-order valence-electron chi connectivity index (χ2n) is 8.62. The minimum Gasteiger partial charge on any atom is -0.445 e. The van der Waals surface area contributed by atoms with E-state index in [4.69, 9.17) is 9.57 Å². The lowest BCUT2D eigenvalue weighted by Gasteiger charge is -2.40. The average molecular weight is 433 g/mol. The topological polar surface area (TPSA) is 88.1 Å². The van der Waals surface area contributed by atoms with Gasteiger partial charge in [0.1, 0.15) is 12.6 Å². The van der Waals surface area contributed by atoms with E-state index in [0.29, 0.717) is 0 Å². The average Bonchev–Trinajstić information content (AvgIpc) is 2.82. The summed E-state index contributed by atoms with van der Waals surface area (Å²) in [5.74, 6) is -0.526. The molecule has 0 saturated heterocycles. The summed E-state index contributed by atoms with van der Waals surface area (Å²) in [6, 6.07) is 8.88. The summed E-state index contributed by atoms with van der Waals surface area (Å²) >= 11 is 0. The lowest BCUT2D eigenvalue weighted by atomic mass is 9.90. The molecule has 172 valence electrons. The van der Waals surface area contributed by atoms with Gasteiger partial charge in [0.15, 0.2) is 0 Å². The van der Waals surface area contributed by atoms with Crippen molar-refractivity contribution in [1.29, 1.82) is 0 Å². The fourth-order valence-electron chi connectivity index (χ4n) is 4.57. The van der Waals surface area contributed by atoms with E-state index in [0.717, 1.165) is 56.9 Å². The van der Waals surface area contributed by atoms with Crippen molar-refractivity contribution in [3.8, 4) is 0 Å². The molecule has 0 unspecified atom stereocenters. The molecule has 1 amide bonds. The first-order chi connectivity index (χ1) is 15.2. The smallest absolute Gasteiger partial charge is 0.408 e. The predicted octanol–water partition coefficient (Wildman–Crippen LogP) is 4.09. The van der Waals surface area contributed by atoms with Crippen LogP contribution in [0.5, 0.6) is 0 Å². The molecule has 0 heterocycles. The zero-order valence-electron chi connectivity index (χ0n) is 18.3. The van der Waals surface area contributed by atoms with Gasteiger partial charge in [-0.15, -0.1) is 5.06 Å². The van der Waals surface area contributed by atoms with Crippen molar-refractivity contribution in [2.45, 2.75) is 95.4 Å². The first-order valence-corrected chi connectivity index (χ1v) is 11.8. The van der Waals surface area contributed by atoms with Crippen LogP contribution in [0, 0.1) is 0 Å². The maximum Gasteiger partial charge on any atom is 0.408 e. The number of aliphatic hydroxyl groups is 1. The minimum atomic E-state index is -0.942. The van der Waals surface area contributed by atoms with Crippen LogP contribution in [-0.2, 0) is 21.0 Å². The Labute approximate surface area is 185 Å². The maximum absolute atomic E-state index is 13.0. The molecular formula is C24H36N2O5. The molecule has 0 aromatic heterocycles. The fraction of sp³-hybridized carbons (Fsp3) is 0.667. The van der Waals surface area contributed by atoms with E-state index < -0.39 is 18.1 Å². The van der Waals surface area contributed by atoms with Crippen LogP contribution in [0.4, 0.5) is 4.79 Å². The van der Waals surface area contributed by atoms with Gasteiger partial charge >= 0.3 is 12.1 Å². The monoisotopic (exact) mass is 432 g/mol. The first-order valence-electron chi connectivity index (χ1n) is 11.8. The Morgan fingerprint density at radius 2 is 1.55 bits per heavy atom. The van der Waals surface area contributed by atoms with Crippen LogP contribution in [0.25, 0.3) is 0 Å². The van der Waals surface area contributed by atoms with Gasteiger partial charge in [0.25, 0.3) is 0 Å². The van der Waals surface area contributed by atoms with Crippen molar-refractivity contribution in [2.75, 3.05) is 6.61 Å². The number of hydrogen-bond donors (Lipinski definition) is 2. The van der Waals surface area contributed by atoms with Gasteiger partial charge in [-0.2, -0.15) is 0 Å². The zero-order valence-corrected chi connectivity index (χ0v) is 18.3. The summed E-state index contributed by atoms with van der Waals surface area (Å²) < 4.78 is 5.24. The number of alkyl carbamates (subject to hydrolysis) is 1. The van der Waals surface area contributed by atoms with Crippen LogP contribution < -0.4 is 5.32 Å². The molecule has 31 heavy (non-hydrogen) atoms. The fourth-order valence-corrected chi connectivity index (χ4v) is 4.57. The Hall–Kier alpha value is -2.12. The highest BCUT2D eigenvalue weighted by atomic mass is 16.7. The van der Waals surface area contributed by atoms with Crippen molar-refractivity contribution in [1.82, 2.24) is 10.4 Å². The highest BCUT2D eigenvalue weighted by Crippen LogP contribution is 2.30. The summed E-state index contributed by atoms with van der Waals surface area (Å²) in [7, 11) is 0. The van der Waals surface area contributed by atoms with Crippen molar-refractivity contribution in [3.63, 3.8) is 0 Å². The molecule has 1 aromatic carbocycles. The summed E-state index contributed by atoms with van der Waals surface area (Å²) in [6.45, 7) is -0.116. The second kappa shape index (κ2) is 12.7. The number of ether oxygens (including phenoxy) is 1. The SMILES string of the molecule is O=C(N[C@@H](CCO)C(=O)ON(C1CCCCC1)C1CCCCC1)OCc1ccccc1. The predicted molar refractivity (Wildman–Crippen MR) is 117 cm³/mol. The highest BCUT2D eigenvalue weighted by Gasteiger charge is 2.34. The first kappa shape index (κ1) is 23.5. The Morgan fingerprint density at radius 1 is 0.968 bits per heavy atom. The van der Waals surface area contributed by atoms with E-state index in [9.17, 15) is 14.7 Å². The third kappa shape index (κ3) is 7.51. The van der Waals surface area contributed by atoms with E-state index in [-0.39, 0.29) is 31.7 Å². The van der Waals surface area contributed by atoms with Crippen LogP contribution in [0.15, 0.2) is 30.3 Å². The van der Waals surface area contributed by atoms with E-state index >= 15 is 0 Å². The van der Waals surface area contributed by atoms with Crippen LogP contribution >= 0.6 is 0 Å². The lowest BCUT2D eigenvalue weighted by molar-refractivity contribution is -0.225. The molecule has 7 nitrogen and oxygen atoms in total. The molecule has 3 rings (SSSR count). The van der Waals surface area contributed by atoms with E-state index in [1.54, 1.807) is 0 Å². The van der Waals surface area contributed by atoms with Gasteiger partial charge in [0, 0.05) is 25.1 Å². The molecule has 2 fully saturated rings. The van der Waals surface area contributed by atoms with Gasteiger partial charge in [-0.25, -0.2) is 9.59 Å². The van der Waals surface area contributed by atoms with Gasteiger partial charge in [-0.1, -0.05) is 68.9 Å². The molecule has 2 aliphatic carbocycles. The Bertz CT molecular complexity index is 654. The highest BCUT2D eigenvalue weighted by molar-refractivity contribution is 5.81. The third-order valence-corrected chi connectivity index (χ3v) is 6.27. The van der Waals surface area contributed by atoms with Crippen molar-refractivity contribution in [3.05, 3.63) is 35.9 Å². The summed E-state index contributed by atoms with van der Waals surface area (Å²) in [5.41, 5.74) is 0.861. The molecule has 0 aliphatic heterocycles. The third-order valence-electron chi connectivity index (χ3n) is 6.27. The van der Waals surface area contributed by atoms with Gasteiger partial charge < -0.3 is 20.0 Å². The van der Waals surface area contributed by atoms with Crippen LogP contribution in [0.3, 0.4) is 0 Å². The number of aliphatic hydroxyl groups excluding tert-OH is 1. The number of hydroxylamine groups is 2. The van der Waals surface area contributed by atoms with E-state index in [2.05, 4.69) is 5.32 Å². The molecule has 0 bridgehead atoms. The van der Waals surface area contributed by atoms with E-state index in [1.807, 2.05) is 35.4 Å². The minimum absolute atomic E-state index is 0.0858. The molecule has 2 N–H and O–H groups in total. The zero-order chi connectivity index (χ0) is 21.9. The molecule has 7 heteroatoms. The molecule has 2 aliphatic rings. The number of hydrogen-bond acceptors (Lipinski definition) is 6. The number of carbonyl (C=O) groups is 2. The van der Waals surface area contributed by atoms with Crippen LogP contribution in [-0.4, -0.2) is 47.0 Å². The molecule has 0 radical (unpaired) electrons. The summed E-state index contributed by atoms with van der Waals surface area (Å²) in [5, 5.41) is 13.9. The van der Waals surface area contributed by atoms with E-state index in [1.165, 1.54) is 12.8 Å². The maximum atomic E-state index is 13.0. The van der Waals surface area contributed by atoms with Crippen LogP contribution in [0.1, 0.15) is 76.2 Å². The molecular weight excluding hydrogens is 396 g/mol. The molecule has 2 saturated carbocycles. The van der Waals surface area contributed by atoms with Crippen molar-refractivity contribution < 1.29 is 24.3 Å². The van der Waals surface area contributed by atoms with Gasteiger partial charge in [0.05, 0.1) is 0 Å². The Morgan fingerprint density at radius 3 is 2.10 bits per heavy atom. The van der Waals surface area contributed by atoms with Gasteiger partial charge in [-0.05, 0) is 31.2 Å². The number of rotatable bonds is 9. The lowest BCUT2D eigenvalue weighted by Crippen LogP contribution is -2.50. The molecule has 0 spiro atoms. The molecule has 1 atom stereocenters. The quantitative estimate of drug-likeness (QED) is 0.572. The number of carbonyl (C=O) groups excluding carboxylic acids is 2. The van der Waals surface area contributed by atoms with Gasteiger partial charge in [0.2, 0.25) is 0 Å². The number of amides is 1. The van der Waals surface area contributed by atoms with Crippen molar-refractivity contribution in [2.24, 2.45) is 0 Å². The number of nitrogens with one attached hydrogen (secondary N) is 1. The Balaban J connectivity index is 1.58. The van der Waals surface area contributed by atoms with Crippen LogP contribution in [0.2, 0.25) is 0 Å². The van der Waals surface area contributed by atoms with Gasteiger partial charge in [-0.3, -0.25) is 0 Å². The number of nitrogens with zero attached hydrogens (tertiary/aromatic N) is 1. The van der Waals surface area contributed by atoms with Crippen molar-refractivity contribution >= 4 is 12.1 Å². The summed E-state index contributed by atoms with van der Waals surface area (Å²) in [6.07, 6.45) is 10.6. The standard InChI is InChI=1S/C24H36N2O5/c27-17-16-22(25-24(29)30-18-19-10-4-1-5-11-19)23(28)31-26(20-12-6-2-7-13-20)21-14-8-3-9-15-21/h1,4-5,10-11,20-22,27H,2-3,6-9,12-18H2,(H,25,29)/t22-/m0/s1. The summed E-state index contributed by atoms with van der Waals surface area (Å²) in [4.78, 5) is 31.2. The second-order valence-corrected chi connectivity index (χ2v) is 8.62. The number of benzene rings is 1. The Kier molecular flexibility index (Phi) is 9.62. The largest absolute Gasteiger partial charge is 0.445 e. The normalized spacial score (nSPS) is 19.0.